The van der Waals surface area contributed by atoms with Crippen molar-refractivity contribution in [2.45, 2.75) is 26.5 Å². The van der Waals surface area contributed by atoms with Gasteiger partial charge in [0.2, 0.25) is 0 Å². The molecule has 11 heteroatoms. The molecule has 0 spiro atoms. The molecular weight excluding hydrogens is 559 g/mol. The fraction of sp³-hybridized carbons (Fsp3) is 0.429. The fourth-order valence-corrected chi connectivity index (χ4v) is 5.41. The van der Waals surface area contributed by atoms with Crippen molar-refractivity contribution in [1.82, 2.24) is 9.47 Å². The van der Waals surface area contributed by atoms with Crippen LogP contribution in [0.5, 0.6) is 5.75 Å². The van der Waals surface area contributed by atoms with Gasteiger partial charge in [-0.1, -0.05) is 46.4 Å². The number of unbranched alkanes of at least 4 members (excludes halogenated alkanes) is 1. The number of aromatic nitrogens is 1. The van der Waals surface area contributed by atoms with E-state index in [0.29, 0.717) is 33.7 Å². The lowest BCUT2D eigenvalue weighted by molar-refractivity contribution is 0.140. The summed E-state index contributed by atoms with van der Waals surface area (Å²) in [5, 5.41) is 7.65. The summed E-state index contributed by atoms with van der Waals surface area (Å²) < 4.78 is 12.8. The fourth-order valence-electron chi connectivity index (χ4n) is 4.44. The molecule has 2 aromatic carbocycles. The van der Waals surface area contributed by atoms with Gasteiger partial charge in [0, 0.05) is 38.3 Å². The van der Waals surface area contributed by atoms with Crippen molar-refractivity contribution < 1.29 is 14.3 Å². The number of nitrogens with two attached hydrogens (primary N) is 1. The first-order valence-corrected chi connectivity index (χ1v) is 16.1. The SMILES string of the molecule is CCS(C)(N)C(=O)OCn1c(=O)ccc2ccc(OCCCCN3CCN(c4cccc(Cl)c4Cl)CC3)cc21. The van der Waals surface area contributed by atoms with Crippen LogP contribution in [0.3, 0.4) is 0 Å². The van der Waals surface area contributed by atoms with Crippen LogP contribution in [0, 0.1) is 0 Å². The first kappa shape index (κ1) is 29.6. The summed E-state index contributed by atoms with van der Waals surface area (Å²) in [7, 11) is -2.00. The third kappa shape index (κ3) is 7.41. The van der Waals surface area contributed by atoms with Crippen LogP contribution in [-0.2, 0) is 11.5 Å². The molecule has 4 rings (SSSR count). The van der Waals surface area contributed by atoms with Crippen molar-refractivity contribution in [3.63, 3.8) is 0 Å². The summed E-state index contributed by atoms with van der Waals surface area (Å²) in [6.07, 6.45) is 3.63. The minimum atomic E-state index is -2.00. The molecule has 1 unspecified atom stereocenters. The van der Waals surface area contributed by atoms with Crippen molar-refractivity contribution >= 4 is 55.3 Å². The molecule has 8 nitrogen and oxygen atoms in total. The van der Waals surface area contributed by atoms with E-state index < -0.39 is 15.5 Å². The number of carbonyl (C=O) groups is 1. The normalized spacial score (nSPS) is 16.6. The lowest BCUT2D eigenvalue weighted by atomic mass is 10.2. The Balaban J connectivity index is 1.25. The van der Waals surface area contributed by atoms with Crippen molar-refractivity contribution in [3.05, 3.63) is 68.9 Å². The highest BCUT2D eigenvalue weighted by Gasteiger charge is 2.22. The lowest BCUT2D eigenvalue weighted by Gasteiger charge is -2.36. The second kappa shape index (κ2) is 13.3. The molecule has 2 heterocycles. The largest absolute Gasteiger partial charge is 0.494 e. The molecule has 39 heavy (non-hydrogen) atoms. The molecule has 1 fully saturated rings. The van der Waals surface area contributed by atoms with Crippen LogP contribution >= 0.6 is 33.4 Å². The van der Waals surface area contributed by atoms with Gasteiger partial charge < -0.3 is 14.4 Å². The van der Waals surface area contributed by atoms with Crippen molar-refractivity contribution in [2.24, 2.45) is 5.14 Å². The Morgan fingerprint density at radius 3 is 2.54 bits per heavy atom. The van der Waals surface area contributed by atoms with Crippen LogP contribution < -0.4 is 20.3 Å². The summed E-state index contributed by atoms with van der Waals surface area (Å²) >= 11 is 12.6. The number of benzene rings is 2. The topological polar surface area (TPSA) is 90.0 Å². The van der Waals surface area contributed by atoms with Crippen molar-refractivity contribution in [3.8, 4) is 5.75 Å². The molecular formula is C28H36Cl2N4O4S. The molecule has 1 aliphatic heterocycles. The average molecular weight is 596 g/mol. The van der Waals surface area contributed by atoms with Crippen molar-refractivity contribution in [1.29, 1.82) is 0 Å². The molecule has 1 saturated heterocycles. The number of ether oxygens (including phenoxy) is 2. The summed E-state index contributed by atoms with van der Waals surface area (Å²) in [6.45, 7) is 7.01. The van der Waals surface area contributed by atoms with Crippen LogP contribution in [0.25, 0.3) is 10.9 Å². The number of nitrogens with zero attached hydrogens (tertiary/aromatic N) is 3. The maximum atomic E-state index is 12.5. The highest BCUT2D eigenvalue weighted by atomic mass is 35.5. The molecule has 0 amide bonds. The zero-order valence-corrected chi connectivity index (χ0v) is 24.7. The van der Waals surface area contributed by atoms with E-state index >= 15 is 0 Å². The lowest BCUT2D eigenvalue weighted by Crippen LogP contribution is -2.46. The first-order chi connectivity index (χ1) is 18.7. The van der Waals surface area contributed by atoms with E-state index in [-0.39, 0.29) is 12.3 Å². The number of carbonyl (C=O) groups excluding carboxylic acids is 1. The van der Waals surface area contributed by atoms with Crippen LogP contribution in [0.1, 0.15) is 19.8 Å². The smallest absolute Gasteiger partial charge is 0.363 e. The van der Waals surface area contributed by atoms with Gasteiger partial charge in [-0.05, 0) is 67.1 Å². The molecule has 0 radical (unpaired) electrons. The third-order valence-electron chi connectivity index (χ3n) is 7.04. The van der Waals surface area contributed by atoms with Gasteiger partial charge in [0.15, 0.2) is 6.73 Å². The summed E-state index contributed by atoms with van der Waals surface area (Å²) in [4.78, 5) is 29.6. The highest BCUT2D eigenvalue weighted by molar-refractivity contribution is 8.42. The second-order valence-electron chi connectivity index (χ2n) is 9.75. The van der Waals surface area contributed by atoms with E-state index in [0.717, 1.165) is 56.6 Å². The Bertz CT molecular complexity index is 1360. The molecule has 1 aromatic heterocycles. The standard InChI is InChI=1S/C28H36Cl2N4O4S/c1-3-39(2,31)28(36)38-20-34-25-19-22(11-9-21(25)10-12-26(34)35)37-18-5-4-13-32-14-16-33(17-15-32)24-8-6-7-23(29)27(24)30/h6-12,19H,3-5,13-18,20,31H2,1-2H3. The van der Waals surface area contributed by atoms with E-state index in [1.54, 1.807) is 12.3 Å². The van der Waals surface area contributed by atoms with Gasteiger partial charge in [0.1, 0.15) is 5.75 Å². The molecule has 0 bridgehead atoms. The zero-order valence-electron chi connectivity index (χ0n) is 22.4. The molecule has 3 aromatic rings. The van der Waals surface area contributed by atoms with E-state index in [1.165, 1.54) is 10.6 Å². The van der Waals surface area contributed by atoms with Gasteiger partial charge in [0.05, 0.1) is 27.9 Å². The van der Waals surface area contributed by atoms with Crippen LogP contribution in [0.15, 0.2) is 53.3 Å². The Morgan fingerprint density at radius 1 is 1.05 bits per heavy atom. The van der Waals surface area contributed by atoms with E-state index in [4.69, 9.17) is 37.8 Å². The van der Waals surface area contributed by atoms with Gasteiger partial charge in [-0.2, -0.15) is 0 Å². The van der Waals surface area contributed by atoms with Gasteiger partial charge in [-0.15, -0.1) is 0 Å². The highest BCUT2D eigenvalue weighted by Crippen LogP contribution is 2.36. The zero-order chi connectivity index (χ0) is 28.0. The second-order valence-corrected chi connectivity index (χ2v) is 13.8. The van der Waals surface area contributed by atoms with Gasteiger partial charge >= 0.3 is 5.30 Å². The van der Waals surface area contributed by atoms with E-state index in [1.807, 2.05) is 43.3 Å². The molecule has 1 aliphatic rings. The van der Waals surface area contributed by atoms with E-state index in [2.05, 4.69) is 9.80 Å². The minimum absolute atomic E-state index is 0.185. The summed E-state index contributed by atoms with van der Waals surface area (Å²) in [5.74, 6) is 1.19. The Kier molecular flexibility index (Phi) is 10.1. The van der Waals surface area contributed by atoms with Crippen LogP contribution in [-0.4, -0.2) is 66.1 Å². The molecule has 1 atom stereocenters. The number of hydrogen-bond donors (Lipinski definition) is 1. The maximum Gasteiger partial charge on any atom is 0.363 e. The third-order valence-corrected chi connectivity index (χ3v) is 9.93. The molecule has 2 N–H and O–H groups in total. The number of fused-ring (bicyclic) bond motifs is 1. The Labute approximate surface area is 241 Å². The maximum absolute atomic E-state index is 12.5. The molecule has 0 aliphatic carbocycles. The number of anilines is 1. The van der Waals surface area contributed by atoms with Crippen LogP contribution in [0.2, 0.25) is 10.0 Å². The molecule has 212 valence electrons. The number of rotatable bonds is 10. The van der Waals surface area contributed by atoms with Gasteiger partial charge in [0.25, 0.3) is 5.56 Å². The average Bonchev–Trinajstić information content (AvgIpc) is 2.94. The Morgan fingerprint density at radius 2 is 1.79 bits per heavy atom. The summed E-state index contributed by atoms with van der Waals surface area (Å²) in [5.41, 5.74) is 1.39. The number of halogens is 2. The Hall–Kier alpha value is -2.43. The van der Waals surface area contributed by atoms with Crippen molar-refractivity contribution in [2.75, 3.05) is 56.2 Å². The number of pyridine rings is 1. The van der Waals surface area contributed by atoms with Gasteiger partial charge in [-0.3, -0.25) is 19.4 Å². The quantitative estimate of drug-likeness (QED) is 0.237. The number of piperazine rings is 1. The minimum Gasteiger partial charge on any atom is -0.494 e. The summed E-state index contributed by atoms with van der Waals surface area (Å²) in [6, 6.07) is 14.6. The first-order valence-electron chi connectivity index (χ1n) is 13.1. The molecule has 0 saturated carbocycles. The predicted molar refractivity (Wildman–Crippen MR) is 163 cm³/mol. The van der Waals surface area contributed by atoms with Gasteiger partial charge in [-0.25, -0.2) is 4.79 Å². The predicted octanol–water partition coefficient (Wildman–Crippen LogP) is 5.71. The number of hydrogen-bond acceptors (Lipinski definition) is 7. The van der Waals surface area contributed by atoms with Crippen LogP contribution in [0.4, 0.5) is 10.5 Å². The van der Waals surface area contributed by atoms with E-state index in [9.17, 15) is 9.59 Å². The monoisotopic (exact) mass is 594 g/mol.